The summed E-state index contributed by atoms with van der Waals surface area (Å²) < 4.78 is 0. The van der Waals surface area contributed by atoms with Crippen LogP contribution >= 0.6 is 0 Å². The first-order valence-electron chi connectivity index (χ1n) is 7.23. The molecule has 0 bridgehead atoms. The lowest BCUT2D eigenvalue weighted by atomic mass is 9.95. The van der Waals surface area contributed by atoms with Crippen LogP contribution in [0.3, 0.4) is 0 Å². The second-order valence-corrected chi connectivity index (χ2v) is 5.54. The molecule has 102 valence electrons. The van der Waals surface area contributed by atoms with Crippen LogP contribution in [0.4, 0.5) is 0 Å². The van der Waals surface area contributed by atoms with Gasteiger partial charge in [-0.2, -0.15) is 0 Å². The standard InChI is InChI=1S/C8H16O.C6H12O2/c9-8-6-4-2-1-3-5-7-8;7-6(8)4-2-1-3-5-6/h8-9H,1-7H2;7-8H,1-5H2. The molecule has 2 rings (SSSR count). The predicted molar refractivity (Wildman–Crippen MR) is 68.6 cm³/mol. The predicted octanol–water partition coefficient (Wildman–Crippen LogP) is 2.72. The van der Waals surface area contributed by atoms with Crippen molar-refractivity contribution in [1.82, 2.24) is 0 Å². The Morgan fingerprint density at radius 1 is 0.647 bits per heavy atom. The molecule has 3 nitrogen and oxygen atoms in total. The van der Waals surface area contributed by atoms with Crippen LogP contribution in [0.1, 0.15) is 77.0 Å². The molecular weight excluding hydrogens is 216 g/mol. The first-order chi connectivity index (χ1) is 8.10. The van der Waals surface area contributed by atoms with Gasteiger partial charge in [0.15, 0.2) is 5.79 Å². The fraction of sp³-hybridized carbons (Fsp3) is 1.00. The third-order valence-corrected chi connectivity index (χ3v) is 3.73. The van der Waals surface area contributed by atoms with Crippen LogP contribution in [0.2, 0.25) is 0 Å². The topological polar surface area (TPSA) is 60.7 Å². The zero-order chi connectivity index (χ0) is 12.6. The summed E-state index contributed by atoms with van der Waals surface area (Å²) >= 11 is 0. The average molecular weight is 244 g/mol. The van der Waals surface area contributed by atoms with Crippen LogP contribution < -0.4 is 0 Å². The van der Waals surface area contributed by atoms with Gasteiger partial charge in [-0.1, -0.05) is 38.5 Å². The molecular formula is C14H28O3. The Kier molecular flexibility index (Phi) is 7.09. The van der Waals surface area contributed by atoms with Crippen molar-refractivity contribution in [3.8, 4) is 0 Å². The highest BCUT2D eigenvalue weighted by molar-refractivity contribution is 4.69. The lowest BCUT2D eigenvalue weighted by molar-refractivity contribution is -0.180. The van der Waals surface area contributed by atoms with Crippen LogP contribution in [0, 0.1) is 0 Å². The van der Waals surface area contributed by atoms with E-state index < -0.39 is 5.79 Å². The minimum absolute atomic E-state index is 0.0188. The normalized spacial score (nSPS) is 26.3. The second kappa shape index (κ2) is 8.06. The summed E-state index contributed by atoms with van der Waals surface area (Å²) in [6, 6.07) is 0. The van der Waals surface area contributed by atoms with E-state index in [1.807, 2.05) is 0 Å². The molecule has 2 saturated carbocycles. The summed E-state index contributed by atoms with van der Waals surface area (Å²) in [6.07, 6.45) is 12.8. The maximum absolute atomic E-state index is 9.21. The molecule has 17 heavy (non-hydrogen) atoms. The summed E-state index contributed by atoms with van der Waals surface area (Å²) in [5.41, 5.74) is 0. The first-order valence-corrected chi connectivity index (χ1v) is 7.23. The zero-order valence-electron chi connectivity index (χ0n) is 10.9. The summed E-state index contributed by atoms with van der Waals surface area (Å²) in [5, 5.41) is 27.1. The lowest BCUT2D eigenvalue weighted by Gasteiger charge is -2.25. The third-order valence-electron chi connectivity index (χ3n) is 3.73. The molecule has 0 aromatic carbocycles. The monoisotopic (exact) mass is 244 g/mol. The molecule has 0 radical (unpaired) electrons. The molecule has 0 atom stereocenters. The van der Waals surface area contributed by atoms with Crippen molar-refractivity contribution in [2.24, 2.45) is 0 Å². The molecule has 0 saturated heterocycles. The maximum atomic E-state index is 9.21. The third kappa shape index (κ3) is 7.74. The molecule has 0 aliphatic heterocycles. The van der Waals surface area contributed by atoms with Crippen molar-refractivity contribution in [2.45, 2.75) is 88.9 Å². The van der Waals surface area contributed by atoms with Crippen molar-refractivity contribution in [3.63, 3.8) is 0 Å². The summed E-state index contributed by atoms with van der Waals surface area (Å²) in [4.78, 5) is 0. The van der Waals surface area contributed by atoms with Gasteiger partial charge in [0.1, 0.15) is 0 Å². The first kappa shape index (κ1) is 14.9. The fourth-order valence-corrected chi connectivity index (χ4v) is 2.55. The van der Waals surface area contributed by atoms with Gasteiger partial charge >= 0.3 is 0 Å². The molecule has 0 aromatic rings. The highest BCUT2D eigenvalue weighted by atomic mass is 16.5. The van der Waals surface area contributed by atoms with Crippen LogP contribution in [-0.4, -0.2) is 27.2 Å². The van der Waals surface area contributed by atoms with Gasteiger partial charge in [-0.25, -0.2) is 0 Å². The van der Waals surface area contributed by atoms with E-state index in [1.165, 1.54) is 32.1 Å². The molecule has 0 aromatic heterocycles. The zero-order valence-corrected chi connectivity index (χ0v) is 10.9. The minimum atomic E-state index is -1.32. The van der Waals surface area contributed by atoms with Crippen molar-refractivity contribution in [1.29, 1.82) is 0 Å². The molecule has 2 fully saturated rings. The van der Waals surface area contributed by atoms with Crippen LogP contribution in [0.25, 0.3) is 0 Å². The van der Waals surface area contributed by atoms with Crippen molar-refractivity contribution >= 4 is 0 Å². The Bertz CT molecular complexity index is 176. The van der Waals surface area contributed by atoms with Gasteiger partial charge in [0.05, 0.1) is 6.10 Å². The highest BCUT2D eigenvalue weighted by Gasteiger charge is 2.24. The Hall–Kier alpha value is -0.120. The van der Waals surface area contributed by atoms with E-state index >= 15 is 0 Å². The van der Waals surface area contributed by atoms with E-state index in [4.69, 9.17) is 10.2 Å². The van der Waals surface area contributed by atoms with E-state index in [1.54, 1.807) is 0 Å². The van der Waals surface area contributed by atoms with Gasteiger partial charge in [-0.3, -0.25) is 0 Å². The van der Waals surface area contributed by atoms with E-state index in [2.05, 4.69) is 0 Å². The molecule has 0 amide bonds. The van der Waals surface area contributed by atoms with E-state index in [0.29, 0.717) is 12.8 Å². The highest BCUT2D eigenvalue weighted by Crippen LogP contribution is 2.24. The average Bonchev–Trinajstić information content (AvgIpc) is 2.24. The SMILES string of the molecule is OC1(O)CCCCC1.OC1CCCCCCC1. The van der Waals surface area contributed by atoms with Crippen molar-refractivity contribution in [3.05, 3.63) is 0 Å². The molecule has 2 aliphatic rings. The number of hydrogen-bond donors (Lipinski definition) is 3. The number of aliphatic hydroxyl groups is 3. The summed E-state index contributed by atoms with van der Waals surface area (Å²) in [6.45, 7) is 0. The minimum Gasteiger partial charge on any atom is -0.393 e. The van der Waals surface area contributed by atoms with E-state index in [9.17, 15) is 5.11 Å². The van der Waals surface area contributed by atoms with E-state index in [0.717, 1.165) is 32.1 Å². The maximum Gasteiger partial charge on any atom is 0.162 e. The van der Waals surface area contributed by atoms with Gasteiger partial charge in [0, 0.05) is 12.8 Å². The van der Waals surface area contributed by atoms with Crippen molar-refractivity contribution < 1.29 is 15.3 Å². The molecule has 0 heterocycles. The molecule has 2 aliphatic carbocycles. The number of aliphatic hydroxyl groups excluding tert-OH is 1. The van der Waals surface area contributed by atoms with Crippen molar-refractivity contribution in [2.75, 3.05) is 0 Å². The van der Waals surface area contributed by atoms with Crippen LogP contribution in [0.15, 0.2) is 0 Å². The number of hydrogen-bond acceptors (Lipinski definition) is 3. The summed E-state index contributed by atoms with van der Waals surface area (Å²) in [5.74, 6) is -1.32. The van der Waals surface area contributed by atoms with Crippen LogP contribution in [0.5, 0.6) is 0 Å². The Balaban J connectivity index is 0.000000171. The molecule has 3 heteroatoms. The van der Waals surface area contributed by atoms with E-state index in [-0.39, 0.29) is 6.10 Å². The molecule has 3 N–H and O–H groups in total. The Morgan fingerprint density at radius 2 is 1.06 bits per heavy atom. The lowest BCUT2D eigenvalue weighted by Crippen LogP contribution is -2.30. The van der Waals surface area contributed by atoms with Gasteiger partial charge in [0.2, 0.25) is 0 Å². The molecule has 0 spiro atoms. The quantitative estimate of drug-likeness (QED) is 0.574. The van der Waals surface area contributed by atoms with Gasteiger partial charge in [0.25, 0.3) is 0 Å². The Labute approximate surface area is 105 Å². The van der Waals surface area contributed by atoms with Crippen LogP contribution in [-0.2, 0) is 0 Å². The molecule has 0 unspecified atom stereocenters. The Morgan fingerprint density at radius 3 is 1.47 bits per heavy atom. The smallest absolute Gasteiger partial charge is 0.162 e. The van der Waals surface area contributed by atoms with Gasteiger partial charge in [-0.05, 0) is 25.7 Å². The number of rotatable bonds is 0. The van der Waals surface area contributed by atoms with Gasteiger partial charge < -0.3 is 15.3 Å². The fourth-order valence-electron chi connectivity index (χ4n) is 2.55. The summed E-state index contributed by atoms with van der Waals surface area (Å²) in [7, 11) is 0. The largest absolute Gasteiger partial charge is 0.393 e. The second-order valence-electron chi connectivity index (χ2n) is 5.54. The van der Waals surface area contributed by atoms with Gasteiger partial charge in [-0.15, -0.1) is 0 Å².